The molecule has 8 nitrogen and oxygen atoms in total. The second-order valence-corrected chi connectivity index (χ2v) is 10.7. The van der Waals surface area contributed by atoms with E-state index in [4.69, 9.17) is 4.74 Å². The standard InChI is InChI=1S/C24H24BrF3N4O4S/c1-12(22(33)34)7-14-9-24(27,28)11-32(14)10-17-18(23(35)36-2)19(15-4-3-13(26)8-16(15)25)31-20(30-17)21-29-5-6-37-21/h3-6,8,12,14,19H,7,9-11H2,1-2H3,(H,30,31)(H,33,34)/t12-,14-,19+/m1/s1. The Morgan fingerprint density at radius 2 is 2.16 bits per heavy atom. The molecule has 0 amide bonds. The molecule has 0 aliphatic carbocycles. The maximum absolute atomic E-state index is 14.5. The number of hydrogen-bond donors (Lipinski definition) is 2. The van der Waals surface area contributed by atoms with Gasteiger partial charge in [-0.25, -0.2) is 22.9 Å². The summed E-state index contributed by atoms with van der Waals surface area (Å²) in [6.45, 7) is 0.763. The first kappa shape index (κ1) is 27.3. The molecule has 2 aromatic rings. The fraction of sp³-hybridized carbons (Fsp3) is 0.417. The van der Waals surface area contributed by atoms with Gasteiger partial charge in [-0.3, -0.25) is 14.7 Å². The quantitative estimate of drug-likeness (QED) is 0.433. The molecule has 4 rings (SSSR count). The highest BCUT2D eigenvalue weighted by atomic mass is 79.9. The van der Waals surface area contributed by atoms with Crippen LogP contribution < -0.4 is 5.32 Å². The van der Waals surface area contributed by atoms with Crippen LogP contribution in [0.3, 0.4) is 0 Å². The van der Waals surface area contributed by atoms with Crippen LogP contribution in [0.5, 0.6) is 0 Å². The molecule has 0 bridgehead atoms. The average molecular weight is 601 g/mol. The van der Waals surface area contributed by atoms with Gasteiger partial charge in [-0.05, 0) is 24.1 Å². The summed E-state index contributed by atoms with van der Waals surface area (Å²) in [4.78, 5) is 34.9. The molecule has 0 saturated carbocycles. The third-order valence-electron chi connectivity index (χ3n) is 6.32. The van der Waals surface area contributed by atoms with E-state index < -0.39 is 54.6 Å². The SMILES string of the molecule is COC(=O)C1=C(CN2CC(F)(F)C[C@H]2C[C@@H](C)C(=O)O)NC(c2nccs2)=N[C@H]1c1ccc(F)cc1Br. The summed E-state index contributed by atoms with van der Waals surface area (Å²) in [7, 11) is 1.20. The summed E-state index contributed by atoms with van der Waals surface area (Å²) < 4.78 is 48.3. The van der Waals surface area contributed by atoms with Crippen LogP contribution in [0.1, 0.15) is 36.4 Å². The monoisotopic (exact) mass is 600 g/mol. The lowest BCUT2D eigenvalue weighted by Gasteiger charge is -2.31. The van der Waals surface area contributed by atoms with Crippen molar-refractivity contribution in [1.29, 1.82) is 0 Å². The zero-order valence-electron chi connectivity index (χ0n) is 19.9. The molecular weight excluding hydrogens is 577 g/mol. The van der Waals surface area contributed by atoms with Crippen LogP contribution in [0.4, 0.5) is 13.2 Å². The number of aliphatic imine (C=N–C) groups is 1. The number of aromatic nitrogens is 1. The molecule has 198 valence electrons. The van der Waals surface area contributed by atoms with E-state index in [-0.39, 0.29) is 24.2 Å². The Hall–Kier alpha value is -2.77. The molecule has 0 unspecified atom stereocenters. The Labute approximate surface area is 223 Å². The number of nitrogens with zero attached hydrogens (tertiary/aromatic N) is 3. The lowest BCUT2D eigenvalue weighted by atomic mass is 9.94. The van der Waals surface area contributed by atoms with Crippen LogP contribution in [0.15, 0.2) is 50.5 Å². The summed E-state index contributed by atoms with van der Waals surface area (Å²) in [5.41, 5.74) is 0.826. The van der Waals surface area contributed by atoms with E-state index >= 15 is 0 Å². The van der Waals surface area contributed by atoms with Crippen molar-refractivity contribution < 1.29 is 32.6 Å². The van der Waals surface area contributed by atoms with Crippen molar-refractivity contribution in [2.45, 2.75) is 37.8 Å². The summed E-state index contributed by atoms with van der Waals surface area (Å²) >= 11 is 4.63. The number of benzene rings is 1. The molecule has 13 heteroatoms. The summed E-state index contributed by atoms with van der Waals surface area (Å²) in [6.07, 6.45) is 1.11. The molecule has 2 aliphatic rings. The van der Waals surface area contributed by atoms with Gasteiger partial charge in [0, 0.05) is 40.8 Å². The minimum Gasteiger partial charge on any atom is -0.481 e. The first-order valence-electron chi connectivity index (χ1n) is 11.3. The van der Waals surface area contributed by atoms with Crippen molar-refractivity contribution in [3.05, 3.63) is 61.9 Å². The number of likely N-dealkylation sites (tertiary alicyclic amines) is 1. The topological polar surface area (TPSA) is 104 Å². The molecular formula is C24H24BrF3N4O4S. The fourth-order valence-corrected chi connectivity index (χ4v) is 5.72. The van der Waals surface area contributed by atoms with E-state index in [9.17, 15) is 27.9 Å². The van der Waals surface area contributed by atoms with Crippen molar-refractivity contribution >= 4 is 45.0 Å². The number of alkyl halides is 2. The van der Waals surface area contributed by atoms with Crippen molar-refractivity contribution in [2.24, 2.45) is 10.9 Å². The first-order chi connectivity index (χ1) is 17.5. The second kappa shape index (κ2) is 10.9. The Kier molecular flexibility index (Phi) is 8.05. The highest BCUT2D eigenvalue weighted by molar-refractivity contribution is 9.10. The molecule has 2 N–H and O–H groups in total. The highest BCUT2D eigenvalue weighted by Crippen LogP contribution is 2.39. The maximum atomic E-state index is 14.5. The van der Waals surface area contributed by atoms with Gasteiger partial charge in [-0.2, -0.15) is 0 Å². The predicted molar refractivity (Wildman–Crippen MR) is 134 cm³/mol. The van der Waals surface area contributed by atoms with Gasteiger partial charge in [0.15, 0.2) is 10.8 Å². The summed E-state index contributed by atoms with van der Waals surface area (Å²) in [6, 6.07) is 2.29. The zero-order chi connectivity index (χ0) is 26.9. The van der Waals surface area contributed by atoms with Gasteiger partial charge >= 0.3 is 11.9 Å². The molecule has 0 radical (unpaired) electrons. The van der Waals surface area contributed by atoms with Gasteiger partial charge in [0.1, 0.15) is 11.9 Å². The van der Waals surface area contributed by atoms with E-state index in [1.54, 1.807) is 11.6 Å². The fourth-order valence-electron chi connectivity index (χ4n) is 4.56. The summed E-state index contributed by atoms with van der Waals surface area (Å²) in [5.74, 6) is -5.82. The molecule has 37 heavy (non-hydrogen) atoms. The average Bonchev–Trinajstić information content (AvgIpc) is 3.46. The van der Waals surface area contributed by atoms with Gasteiger partial charge in [-0.1, -0.05) is 28.9 Å². The molecule has 0 spiro atoms. The van der Waals surface area contributed by atoms with Crippen LogP contribution in [-0.4, -0.2) is 64.9 Å². The largest absolute Gasteiger partial charge is 0.481 e. The number of aliphatic carboxylic acids is 1. The number of hydrogen-bond acceptors (Lipinski definition) is 8. The molecule has 1 saturated heterocycles. The number of thiazole rings is 1. The van der Waals surface area contributed by atoms with Gasteiger partial charge < -0.3 is 15.2 Å². The molecule has 3 heterocycles. The minimum absolute atomic E-state index is 0.0200. The maximum Gasteiger partial charge on any atom is 0.338 e. The van der Waals surface area contributed by atoms with E-state index in [0.717, 1.165) is 0 Å². The second-order valence-electron chi connectivity index (χ2n) is 8.99. The van der Waals surface area contributed by atoms with Crippen molar-refractivity contribution in [2.75, 3.05) is 20.2 Å². The Morgan fingerprint density at radius 3 is 2.78 bits per heavy atom. The molecule has 2 aliphatic heterocycles. The zero-order valence-corrected chi connectivity index (χ0v) is 22.3. The number of carboxylic acids is 1. The third kappa shape index (κ3) is 6.04. The number of rotatable bonds is 8. The normalized spacial score (nSPS) is 22.4. The van der Waals surface area contributed by atoms with Gasteiger partial charge in [0.2, 0.25) is 0 Å². The van der Waals surface area contributed by atoms with Crippen LogP contribution in [-0.2, 0) is 14.3 Å². The highest BCUT2D eigenvalue weighted by Gasteiger charge is 2.46. The Bertz CT molecular complexity index is 1250. The van der Waals surface area contributed by atoms with E-state index in [2.05, 4.69) is 31.2 Å². The number of esters is 1. The number of carboxylic acid groups (broad SMARTS) is 1. The lowest BCUT2D eigenvalue weighted by molar-refractivity contribution is -0.141. The lowest BCUT2D eigenvalue weighted by Crippen LogP contribution is -2.42. The first-order valence-corrected chi connectivity index (χ1v) is 13.0. The van der Waals surface area contributed by atoms with Gasteiger partial charge in [-0.15, -0.1) is 11.3 Å². The Balaban J connectivity index is 1.79. The third-order valence-corrected chi connectivity index (χ3v) is 7.78. The number of amidine groups is 1. The number of halogens is 4. The minimum atomic E-state index is -3.02. The van der Waals surface area contributed by atoms with E-state index in [0.29, 0.717) is 20.9 Å². The Morgan fingerprint density at radius 1 is 1.41 bits per heavy atom. The molecule has 3 atom stereocenters. The van der Waals surface area contributed by atoms with Crippen LogP contribution in [0, 0.1) is 11.7 Å². The van der Waals surface area contributed by atoms with Gasteiger partial charge in [0.05, 0.1) is 25.1 Å². The predicted octanol–water partition coefficient (Wildman–Crippen LogP) is 4.38. The number of carbonyl (C=O) groups excluding carboxylic acids is 1. The number of methoxy groups -OCH3 is 1. The van der Waals surface area contributed by atoms with E-state index in [1.807, 2.05) is 0 Å². The van der Waals surface area contributed by atoms with Gasteiger partial charge in [0.25, 0.3) is 5.92 Å². The molecule has 1 fully saturated rings. The number of carbonyl (C=O) groups is 2. The number of ether oxygens (including phenoxy) is 1. The van der Waals surface area contributed by atoms with Crippen molar-refractivity contribution in [3.8, 4) is 0 Å². The number of nitrogens with one attached hydrogen (secondary N) is 1. The summed E-state index contributed by atoms with van der Waals surface area (Å²) in [5, 5.41) is 14.7. The van der Waals surface area contributed by atoms with Crippen molar-refractivity contribution in [1.82, 2.24) is 15.2 Å². The molecule has 1 aromatic carbocycles. The van der Waals surface area contributed by atoms with Crippen LogP contribution >= 0.6 is 27.3 Å². The van der Waals surface area contributed by atoms with Crippen LogP contribution in [0.25, 0.3) is 0 Å². The van der Waals surface area contributed by atoms with Crippen LogP contribution in [0.2, 0.25) is 0 Å². The molecule has 1 aromatic heterocycles. The van der Waals surface area contributed by atoms with Crippen molar-refractivity contribution in [3.63, 3.8) is 0 Å². The smallest absolute Gasteiger partial charge is 0.338 e. The van der Waals surface area contributed by atoms with E-state index in [1.165, 1.54) is 48.5 Å².